The molecule has 0 bridgehead atoms. The van der Waals surface area contributed by atoms with Gasteiger partial charge in [0.25, 0.3) is 0 Å². The predicted molar refractivity (Wildman–Crippen MR) is 134 cm³/mol. The van der Waals surface area contributed by atoms with Gasteiger partial charge >= 0.3 is 23.9 Å². The van der Waals surface area contributed by atoms with E-state index in [0.29, 0.717) is 22.3 Å². The molecule has 4 aromatic carbocycles. The number of carbonyl (C=O) groups is 4. The fourth-order valence-electron chi connectivity index (χ4n) is 2.32. The van der Waals surface area contributed by atoms with Gasteiger partial charge in [-0.2, -0.15) is 0 Å². The van der Waals surface area contributed by atoms with Crippen LogP contribution in [0.15, 0.2) is 121 Å². The molecule has 0 unspecified atom stereocenters. The predicted octanol–water partition coefficient (Wildman–Crippen LogP) is 5.54. The molecule has 0 amide bonds. The van der Waals surface area contributed by atoms with Crippen LogP contribution in [-0.2, 0) is 25.8 Å². The standard InChI is InChI=1S/4C7H6O2.Hf/c4*8-7(9)6-4-2-1-3-5-6;/h4*1-5H,(H,8,9);. The smallest absolute Gasteiger partial charge is 0.335 e. The summed E-state index contributed by atoms with van der Waals surface area (Å²) in [6.07, 6.45) is 0. The Balaban J connectivity index is 0.000000463. The van der Waals surface area contributed by atoms with Gasteiger partial charge in [0.1, 0.15) is 0 Å². The first-order valence-corrected chi connectivity index (χ1v) is 10.4. The number of hydrogen-bond donors (Lipinski definition) is 4. The molecule has 0 aromatic heterocycles. The van der Waals surface area contributed by atoms with Gasteiger partial charge in [-0.1, -0.05) is 72.8 Å². The third-order valence-corrected chi connectivity index (χ3v) is 4.08. The maximum absolute atomic E-state index is 10.2. The Morgan fingerprint density at radius 3 is 0.541 bits per heavy atom. The van der Waals surface area contributed by atoms with Gasteiger partial charge in [-0.15, -0.1) is 0 Å². The number of aromatic carboxylic acids is 4. The second kappa shape index (κ2) is 18.9. The largest absolute Gasteiger partial charge is 0.478 e. The van der Waals surface area contributed by atoms with E-state index in [1.54, 1.807) is 121 Å². The number of benzene rings is 4. The number of hydrogen-bond acceptors (Lipinski definition) is 4. The Morgan fingerprint density at radius 1 is 0.324 bits per heavy atom. The van der Waals surface area contributed by atoms with E-state index >= 15 is 0 Å². The van der Waals surface area contributed by atoms with Crippen molar-refractivity contribution in [3.05, 3.63) is 144 Å². The molecule has 37 heavy (non-hydrogen) atoms. The van der Waals surface area contributed by atoms with E-state index in [1.807, 2.05) is 0 Å². The molecule has 4 N–H and O–H groups in total. The van der Waals surface area contributed by atoms with Crippen LogP contribution >= 0.6 is 0 Å². The van der Waals surface area contributed by atoms with Crippen molar-refractivity contribution in [2.75, 3.05) is 0 Å². The summed E-state index contributed by atoms with van der Waals surface area (Å²) in [6, 6.07) is 33.2. The van der Waals surface area contributed by atoms with Gasteiger partial charge in [0, 0.05) is 25.8 Å². The van der Waals surface area contributed by atoms with Crippen molar-refractivity contribution in [1.82, 2.24) is 0 Å². The number of carboxylic acid groups (broad SMARTS) is 4. The van der Waals surface area contributed by atoms with Crippen LogP contribution in [-0.4, -0.2) is 44.3 Å². The average Bonchev–Trinajstić information content (AvgIpc) is 2.92. The minimum atomic E-state index is -0.879. The SMILES string of the molecule is O=C(O)c1ccccc1.O=C(O)c1ccccc1.O=C(O)c1ccccc1.O=C(O)c1ccccc1.[Hf]. The van der Waals surface area contributed by atoms with Crippen molar-refractivity contribution in [3.8, 4) is 0 Å². The monoisotopic (exact) mass is 668 g/mol. The summed E-state index contributed by atoms with van der Waals surface area (Å²) in [4.78, 5) is 40.8. The molecular formula is C28H24HfO8. The molecule has 0 aliphatic rings. The fraction of sp³-hybridized carbons (Fsp3) is 0. The van der Waals surface area contributed by atoms with E-state index in [9.17, 15) is 19.2 Å². The van der Waals surface area contributed by atoms with Crippen molar-refractivity contribution < 1.29 is 65.4 Å². The fourth-order valence-corrected chi connectivity index (χ4v) is 2.32. The topological polar surface area (TPSA) is 149 Å². The summed E-state index contributed by atoms with van der Waals surface area (Å²) in [5.74, 6) is -3.52. The summed E-state index contributed by atoms with van der Waals surface area (Å²) in [5, 5.41) is 33.5. The molecule has 4 aromatic rings. The normalized spacial score (nSPS) is 8.65. The van der Waals surface area contributed by atoms with E-state index < -0.39 is 23.9 Å². The summed E-state index contributed by atoms with van der Waals surface area (Å²) < 4.78 is 0. The van der Waals surface area contributed by atoms with Crippen LogP contribution in [0.25, 0.3) is 0 Å². The van der Waals surface area contributed by atoms with Crippen LogP contribution < -0.4 is 0 Å². The van der Waals surface area contributed by atoms with Crippen molar-refractivity contribution >= 4 is 23.9 Å². The van der Waals surface area contributed by atoms with Gasteiger partial charge in [0.15, 0.2) is 0 Å². The van der Waals surface area contributed by atoms with Crippen LogP contribution in [0.1, 0.15) is 41.4 Å². The Bertz CT molecular complexity index is 1020. The molecule has 8 nitrogen and oxygen atoms in total. The molecule has 0 aliphatic carbocycles. The summed E-state index contributed by atoms with van der Waals surface area (Å²) >= 11 is 0. The Labute approximate surface area is 232 Å². The summed E-state index contributed by atoms with van der Waals surface area (Å²) in [7, 11) is 0. The third kappa shape index (κ3) is 14.6. The van der Waals surface area contributed by atoms with Crippen LogP contribution in [0, 0.1) is 0 Å². The quantitative estimate of drug-likeness (QED) is 0.208. The van der Waals surface area contributed by atoms with Crippen molar-refractivity contribution in [3.63, 3.8) is 0 Å². The molecule has 0 heterocycles. The average molecular weight is 667 g/mol. The minimum absolute atomic E-state index is 0. The van der Waals surface area contributed by atoms with E-state index in [0.717, 1.165) is 0 Å². The van der Waals surface area contributed by atoms with E-state index in [2.05, 4.69) is 0 Å². The Kier molecular flexibility index (Phi) is 16.7. The maximum Gasteiger partial charge on any atom is 0.335 e. The first-order chi connectivity index (χ1) is 17.2. The van der Waals surface area contributed by atoms with E-state index in [-0.39, 0.29) is 25.8 Å². The number of rotatable bonds is 4. The van der Waals surface area contributed by atoms with Crippen molar-refractivity contribution in [2.45, 2.75) is 0 Å². The van der Waals surface area contributed by atoms with Gasteiger partial charge in [-0.3, -0.25) is 0 Å². The van der Waals surface area contributed by atoms with Crippen molar-refractivity contribution in [1.29, 1.82) is 0 Å². The molecule has 0 radical (unpaired) electrons. The van der Waals surface area contributed by atoms with Gasteiger partial charge in [-0.05, 0) is 48.5 Å². The number of carboxylic acids is 4. The first kappa shape index (κ1) is 32.6. The minimum Gasteiger partial charge on any atom is -0.478 e. The zero-order chi connectivity index (χ0) is 26.8. The zero-order valence-corrected chi connectivity index (χ0v) is 23.1. The van der Waals surface area contributed by atoms with Gasteiger partial charge in [0.2, 0.25) is 0 Å². The Morgan fingerprint density at radius 2 is 0.459 bits per heavy atom. The van der Waals surface area contributed by atoms with Gasteiger partial charge in [0.05, 0.1) is 22.3 Å². The Hall–Kier alpha value is -4.37. The van der Waals surface area contributed by atoms with E-state index in [1.165, 1.54) is 0 Å². The van der Waals surface area contributed by atoms with Crippen molar-refractivity contribution in [2.24, 2.45) is 0 Å². The van der Waals surface area contributed by atoms with Gasteiger partial charge < -0.3 is 20.4 Å². The van der Waals surface area contributed by atoms with E-state index in [4.69, 9.17) is 20.4 Å². The molecule has 4 rings (SSSR count). The second-order valence-corrected chi connectivity index (χ2v) is 6.68. The molecule has 0 saturated heterocycles. The molecule has 0 fully saturated rings. The molecule has 9 heteroatoms. The third-order valence-electron chi connectivity index (χ3n) is 4.08. The molecular weight excluding hydrogens is 643 g/mol. The molecule has 0 spiro atoms. The molecule has 188 valence electrons. The first-order valence-electron chi connectivity index (χ1n) is 10.4. The van der Waals surface area contributed by atoms with Gasteiger partial charge in [-0.25, -0.2) is 19.2 Å². The maximum atomic E-state index is 10.2. The molecule has 0 atom stereocenters. The zero-order valence-electron chi connectivity index (χ0n) is 19.5. The molecule has 0 saturated carbocycles. The summed E-state index contributed by atoms with van der Waals surface area (Å²) in [5.41, 5.74) is 1.32. The van der Waals surface area contributed by atoms with Crippen LogP contribution in [0.2, 0.25) is 0 Å². The second-order valence-electron chi connectivity index (χ2n) is 6.68. The summed E-state index contributed by atoms with van der Waals surface area (Å²) in [6.45, 7) is 0. The van der Waals surface area contributed by atoms with Crippen LogP contribution in [0.3, 0.4) is 0 Å². The van der Waals surface area contributed by atoms with Crippen LogP contribution in [0.5, 0.6) is 0 Å². The van der Waals surface area contributed by atoms with Crippen LogP contribution in [0.4, 0.5) is 0 Å². The molecule has 0 aliphatic heterocycles.